The van der Waals surface area contributed by atoms with E-state index in [1.807, 2.05) is 13.0 Å². The first-order valence-corrected chi connectivity index (χ1v) is 12.6. The highest BCUT2D eigenvalue weighted by Gasteiger charge is 2.19. The molecule has 100 valence electrons. The van der Waals surface area contributed by atoms with E-state index in [1.165, 1.54) is 0 Å². The molecule has 0 fully saturated rings. The quantitative estimate of drug-likeness (QED) is 0.415. The summed E-state index contributed by atoms with van der Waals surface area (Å²) in [6.07, 6.45) is 3.52. The Bertz CT molecular complexity index is 296. The topological polar surface area (TPSA) is 27.7 Å². The average molecular weight is 275 g/mol. The van der Waals surface area contributed by atoms with Gasteiger partial charge >= 0.3 is 0 Å². The Labute approximate surface area is 108 Å². The molecule has 0 amide bonds. The maximum atomic E-state index is 5.90. The third kappa shape index (κ3) is 10.2. The molecule has 0 aromatic carbocycles. The molecule has 5 heteroatoms. The molecule has 0 unspecified atom stereocenters. The lowest BCUT2D eigenvalue weighted by atomic mass is 10.4. The highest BCUT2D eigenvalue weighted by molar-refractivity contribution is 6.70. The zero-order chi connectivity index (χ0) is 13.7. The second kappa shape index (κ2) is 6.30. The molecule has 0 aliphatic heterocycles. The smallest absolute Gasteiger partial charge is 0.242 e. The van der Waals surface area contributed by atoms with Crippen LogP contribution in [0.4, 0.5) is 0 Å². The minimum absolute atomic E-state index is 0.738. The summed E-state index contributed by atoms with van der Waals surface area (Å²) in [7, 11) is -1.55. The summed E-state index contributed by atoms with van der Waals surface area (Å²) in [5.41, 5.74) is 0. The number of allylic oxidation sites excluding steroid dienone is 2. The van der Waals surface area contributed by atoms with Gasteiger partial charge in [-0.15, -0.1) is 0 Å². The first-order valence-electron chi connectivity index (χ1n) is 5.83. The second-order valence-corrected chi connectivity index (χ2v) is 14.8. The Balaban J connectivity index is 4.76. The Morgan fingerprint density at radius 3 is 1.71 bits per heavy atom. The molecule has 3 nitrogen and oxygen atoms in total. The van der Waals surface area contributed by atoms with Crippen LogP contribution in [0.5, 0.6) is 0 Å². The van der Waals surface area contributed by atoms with Crippen molar-refractivity contribution in [1.29, 1.82) is 0 Å². The Morgan fingerprint density at radius 2 is 1.35 bits per heavy atom. The molecule has 0 rings (SSSR count). The van der Waals surface area contributed by atoms with Crippen LogP contribution in [-0.2, 0) is 13.6 Å². The van der Waals surface area contributed by atoms with Gasteiger partial charge < -0.3 is 13.6 Å². The molecule has 0 saturated carbocycles. The van der Waals surface area contributed by atoms with E-state index in [9.17, 15) is 0 Å². The maximum Gasteiger partial charge on any atom is 0.242 e. The van der Waals surface area contributed by atoms with Crippen molar-refractivity contribution in [2.24, 2.45) is 0 Å². The van der Waals surface area contributed by atoms with Gasteiger partial charge in [0.05, 0.1) is 12.9 Å². The Hall–Kier alpha value is -0.686. The third-order valence-electron chi connectivity index (χ3n) is 1.47. The zero-order valence-corrected chi connectivity index (χ0v) is 14.4. The SMILES string of the molecule is CO/C=C(/C=C(\C)O[Si](C)(C)C)O[Si](C)(C)C. The van der Waals surface area contributed by atoms with E-state index >= 15 is 0 Å². The fourth-order valence-corrected chi connectivity index (χ4v) is 3.11. The van der Waals surface area contributed by atoms with Crippen molar-refractivity contribution in [3.8, 4) is 0 Å². The summed E-state index contributed by atoms with van der Waals surface area (Å²) in [5.74, 6) is 1.62. The van der Waals surface area contributed by atoms with Crippen molar-refractivity contribution in [2.75, 3.05) is 7.11 Å². The lowest BCUT2D eigenvalue weighted by Gasteiger charge is -2.22. The van der Waals surface area contributed by atoms with Crippen LogP contribution in [0.25, 0.3) is 0 Å². The highest BCUT2D eigenvalue weighted by atomic mass is 28.4. The molecule has 0 aliphatic rings. The van der Waals surface area contributed by atoms with E-state index in [-0.39, 0.29) is 0 Å². The normalized spacial score (nSPS) is 14.6. The van der Waals surface area contributed by atoms with E-state index in [1.54, 1.807) is 13.4 Å². The van der Waals surface area contributed by atoms with Crippen LogP contribution in [0.15, 0.2) is 23.9 Å². The molecule has 0 radical (unpaired) electrons. The maximum absolute atomic E-state index is 5.90. The Kier molecular flexibility index (Phi) is 6.05. The van der Waals surface area contributed by atoms with E-state index in [0.29, 0.717) is 0 Å². The molecule has 17 heavy (non-hydrogen) atoms. The summed E-state index contributed by atoms with van der Waals surface area (Å²) in [6, 6.07) is 0. The van der Waals surface area contributed by atoms with Gasteiger partial charge in [-0.05, 0) is 46.2 Å². The molecule has 0 aliphatic carbocycles. The molecular weight excluding hydrogens is 248 g/mol. The van der Waals surface area contributed by atoms with Crippen molar-refractivity contribution in [1.82, 2.24) is 0 Å². The minimum Gasteiger partial charge on any atom is -0.547 e. The summed E-state index contributed by atoms with van der Waals surface area (Å²) in [6.45, 7) is 14.8. The van der Waals surface area contributed by atoms with Crippen molar-refractivity contribution < 1.29 is 13.6 Å². The summed E-state index contributed by atoms with van der Waals surface area (Å²) < 4.78 is 16.8. The molecule has 0 saturated heterocycles. The summed E-state index contributed by atoms with van der Waals surface area (Å²) >= 11 is 0. The number of hydrogen-bond acceptors (Lipinski definition) is 3. The van der Waals surface area contributed by atoms with Crippen LogP contribution < -0.4 is 0 Å². The van der Waals surface area contributed by atoms with Crippen molar-refractivity contribution in [3.05, 3.63) is 23.9 Å². The molecule has 0 spiro atoms. The van der Waals surface area contributed by atoms with Gasteiger partial charge in [-0.2, -0.15) is 0 Å². The van der Waals surface area contributed by atoms with Gasteiger partial charge in [-0.3, -0.25) is 0 Å². The number of methoxy groups -OCH3 is 1. The van der Waals surface area contributed by atoms with E-state index in [2.05, 4.69) is 39.3 Å². The fourth-order valence-electron chi connectivity index (χ4n) is 1.27. The molecule has 0 aromatic heterocycles. The van der Waals surface area contributed by atoms with Gasteiger partial charge in [-0.25, -0.2) is 0 Å². The fraction of sp³-hybridized carbons (Fsp3) is 0.667. The second-order valence-electron chi connectivity index (χ2n) is 5.94. The van der Waals surface area contributed by atoms with Gasteiger partial charge in [0.1, 0.15) is 12.0 Å². The largest absolute Gasteiger partial charge is 0.547 e. The van der Waals surface area contributed by atoms with Crippen molar-refractivity contribution in [2.45, 2.75) is 46.2 Å². The first-order chi connectivity index (χ1) is 7.53. The highest BCUT2D eigenvalue weighted by Crippen LogP contribution is 2.16. The van der Waals surface area contributed by atoms with Crippen LogP contribution in [-0.4, -0.2) is 23.7 Å². The van der Waals surface area contributed by atoms with Crippen molar-refractivity contribution >= 4 is 16.6 Å². The molecule has 0 heterocycles. The van der Waals surface area contributed by atoms with Gasteiger partial charge in [0.15, 0.2) is 0 Å². The van der Waals surface area contributed by atoms with Crippen LogP contribution >= 0.6 is 0 Å². The van der Waals surface area contributed by atoms with Crippen LogP contribution in [0, 0.1) is 0 Å². The van der Waals surface area contributed by atoms with Gasteiger partial charge in [0.2, 0.25) is 16.6 Å². The summed E-state index contributed by atoms with van der Waals surface area (Å²) in [5, 5.41) is 0. The minimum atomic E-state index is -1.62. The lowest BCUT2D eigenvalue weighted by Crippen LogP contribution is -2.26. The van der Waals surface area contributed by atoms with Crippen LogP contribution in [0.1, 0.15) is 6.92 Å². The Morgan fingerprint density at radius 1 is 0.882 bits per heavy atom. The molecule has 0 aromatic rings. The molecule has 0 atom stereocenters. The molecule has 0 bridgehead atoms. The third-order valence-corrected chi connectivity index (χ3v) is 3.25. The summed E-state index contributed by atoms with van der Waals surface area (Å²) in [4.78, 5) is 0. The standard InChI is InChI=1S/C12H26O3Si2/c1-11(14-16(3,4)5)9-12(10-13-2)15-17(6,7)8/h9-10H,1-8H3/b11-9+,12-10-. The van der Waals surface area contributed by atoms with Crippen LogP contribution in [0.2, 0.25) is 39.3 Å². The first kappa shape index (κ1) is 16.3. The number of rotatable bonds is 6. The predicted octanol–water partition coefficient (Wildman–Crippen LogP) is 4.08. The van der Waals surface area contributed by atoms with Crippen molar-refractivity contribution in [3.63, 3.8) is 0 Å². The number of ether oxygens (including phenoxy) is 1. The average Bonchev–Trinajstić information content (AvgIpc) is 1.95. The lowest BCUT2D eigenvalue weighted by molar-refractivity contribution is 0.306. The van der Waals surface area contributed by atoms with Gasteiger partial charge in [0, 0.05) is 6.08 Å². The predicted molar refractivity (Wildman–Crippen MR) is 77.7 cm³/mol. The number of hydrogen-bond donors (Lipinski definition) is 0. The zero-order valence-electron chi connectivity index (χ0n) is 12.4. The van der Waals surface area contributed by atoms with E-state index in [4.69, 9.17) is 13.6 Å². The van der Waals surface area contributed by atoms with E-state index in [0.717, 1.165) is 11.5 Å². The van der Waals surface area contributed by atoms with Gasteiger partial charge in [-0.1, -0.05) is 0 Å². The molecule has 0 N–H and O–H groups in total. The van der Waals surface area contributed by atoms with Gasteiger partial charge in [0.25, 0.3) is 0 Å². The van der Waals surface area contributed by atoms with E-state index < -0.39 is 16.6 Å². The molecular formula is C12H26O3Si2. The monoisotopic (exact) mass is 274 g/mol. The van der Waals surface area contributed by atoms with Crippen LogP contribution in [0.3, 0.4) is 0 Å².